The molecule has 0 bridgehead atoms. The summed E-state index contributed by atoms with van der Waals surface area (Å²) in [6.45, 7) is 3.47. The summed E-state index contributed by atoms with van der Waals surface area (Å²) < 4.78 is 38.6. The van der Waals surface area contributed by atoms with Crippen molar-refractivity contribution in [2.45, 2.75) is 37.3 Å². The number of piperidine rings is 1. The Morgan fingerprint density at radius 3 is 2.65 bits per heavy atom. The van der Waals surface area contributed by atoms with Crippen molar-refractivity contribution in [1.82, 2.24) is 9.88 Å². The Morgan fingerprint density at radius 2 is 2.00 bits per heavy atom. The highest BCUT2D eigenvalue weighted by atomic mass is 32.2. The van der Waals surface area contributed by atoms with Crippen LogP contribution in [0.1, 0.15) is 31.7 Å². The SMILES string of the molecule is CCC(=O)N1CCC(CSc2ccnc3cc(C(F)(F)F)ccc23)CC1. The second-order valence-electron chi connectivity index (χ2n) is 6.53. The largest absolute Gasteiger partial charge is 0.416 e. The van der Waals surface area contributed by atoms with Gasteiger partial charge in [-0.25, -0.2) is 0 Å². The molecule has 1 aromatic heterocycles. The normalized spacial score (nSPS) is 16.2. The van der Waals surface area contributed by atoms with Crippen molar-refractivity contribution < 1.29 is 18.0 Å². The molecule has 0 saturated carbocycles. The van der Waals surface area contributed by atoms with Crippen LogP contribution in [-0.4, -0.2) is 34.6 Å². The van der Waals surface area contributed by atoms with E-state index in [0.29, 0.717) is 17.9 Å². The van der Waals surface area contributed by atoms with E-state index in [-0.39, 0.29) is 5.91 Å². The highest BCUT2D eigenvalue weighted by Gasteiger charge is 2.30. The quantitative estimate of drug-likeness (QED) is 0.698. The third kappa shape index (κ3) is 4.31. The zero-order valence-corrected chi connectivity index (χ0v) is 15.4. The van der Waals surface area contributed by atoms with Gasteiger partial charge in [0.05, 0.1) is 11.1 Å². The van der Waals surface area contributed by atoms with Crippen LogP contribution in [-0.2, 0) is 11.0 Å². The molecule has 0 spiro atoms. The predicted octanol–water partition coefficient (Wildman–Crippen LogP) is 4.99. The lowest BCUT2D eigenvalue weighted by atomic mass is 9.99. The molecule has 0 aliphatic carbocycles. The van der Waals surface area contributed by atoms with Gasteiger partial charge in [0.1, 0.15) is 0 Å². The second kappa shape index (κ2) is 7.86. The van der Waals surface area contributed by atoms with Gasteiger partial charge in [0, 0.05) is 41.7 Å². The van der Waals surface area contributed by atoms with Crippen molar-refractivity contribution in [3.05, 3.63) is 36.0 Å². The summed E-state index contributed by atoms with van der Waals surface area (Å²) in [7, 11) is 0. The first kappa shape index (κ1) is 19.0. The zero-order chi connectivity index (χ0) is 18.7. The highest BCUT2D eigenvalue weighted by molar-refractivity contribution is 7.99. The Kier molecular flexibility index (Phi) is 5.75. The van der Waals surface area contributed by atoms with Gasteiger partial charge in [-0.2, -0.15) is 13.2 Å². The number of nitrogens with zero attached hydrogens (tertiary/aromatic N) is 2. The van der Waals surface area contributed by atoms with Crippen LogP contribution in [0, 0.1) is 5.92 Å². The fourth-order valence-corrected chi connectivity index (χ4v) is 4.44. The van der Waals surface area contributed by atoms with Gasteiger partial charge in [0.2, 0.25) is 5.91 Å². The summed E-state index contributed by atoms with van der Waals surface area (Å²) in [6.07, 6.45) is -0.307. The van der Waals surface area contributed by atoms with Gasteiger partial charge in [0.15, 0.2) is 0 Å². The Bertz CT molecular complexity index is 786. The fraction of sp³-hybridized carbons (Fsp3) is 0.474. The molecular formula is C19H21F3N2OS. The molecule has 140 valence electrons. The number of aromatic nitrogens is 1. The van der Waals surface area contributed by atoms with E-state index < -0.39 is 11.7 Å². The molecule has 1 amide bonds. The van der Waals surface area contributed by atoms with Crippen molar-refractivity contribution in [3.63, 3.8) is 0 Å². The molecular weight excluding hydrogens is 361 g/mol. The number of rotatable bonds is 4. The summed E-state index contributed by atoms with van der Waals surface area (Å²) >= 11 is 1.66. The molecule has 7 heteroatoms. The van der Waals surface area contributed by atoms with E-state index >= 15 is 0 Å². The van der Waals surface area contributed by atoms with Crippen LogP contribution in [0.2, 0.25) is 0 Å². The van der Waals surface area contributed by atoms with Gasteiger partial charge in [-0.3, -0.25) is 9.78 Å². The smallest absolute Gasteiger partial charge is 0.343 e. The molecule has 26 heavy (non-hydrogen) atoms. The van der Waals surface area contributed by atoms with Gasteiger partial charge in [-0.1, -0.05) is 13.0 Å². The lowest BCUT2D eigenvalue weighted by Crippen LogP contribution is -2.38. The van der Waals surface area contributed by atoms with Crippen LogP contribution in [0.25, 0.3) is 10.9 Å². The molecule has 1 aromatic carbocycles. The van der Waals surface area contributed by atoms with Crippen LogP contribution in [0.5, 0.6) is 0 Å². The molecule has 1 aliphatic rings. The Morgan fingerprint density at radius 1 is 1.27 bits per heavy atom. The molecule has 2 heterocycles. The molecule has 2 aromatic rings. The Labute approximate surface area is 155 Å². The average molecular weight is 382 g/mol. The van der Waals surface area contributed by atoms with Crippen molar-refractivity contribution in [3.8, 4) is 0 Å². The lowest BCUT2D eigenvalue weighted by Gasteiger charge is -2.31. The van der Waals surface area contributed by atoms with E-state index in [4.69, 9.17) is 0 Å². The Hall–Kier alpha value is -1.76. The van der Waals surface area contributed by atoms with Crippen LogP contribution < -0.4 is 0 Å². The summed E-state index contributed by atoms with van der Waals surface area (Å²) in [5.41, 5.74) is -0.305. The van der Waals surface area contributed by atoms with E-state index in [1.54, 1.807) is 18.0 Å². The van der Waals surface area contributed by atoms with Crippen molar-refractivity contribution in [2.75, 3.05) is 18.8 Å². The van der Waals surface area contributed by atoms with Crippen LogP contribution in [0.15, 0.2) is 35.4 Å². The standard InChI is InChI=1S/C19H21F3N2OS/c1-2-18(25)24-9-6-13(7-10-24)12-26-17-5-8-23-16-11-14(19(20,21)22)3-4-15(16)17/h3-5,8,11,13H,2,6-7,9-10,12H2,1H3. The van der Waals surface area contributed by atoms with Crippen molar-refractivity contribution in [1.29, 1.82) is 0 Å². The first-order valence-electron chi connectivity index (χ1n) is 8.75. The monoisotopic (exact) mass is 382 g/mol. The molecule has 1 aliphatic heterocycles. The van der Waals surface area contributed by atoms with Crippen LogP contribution in [0.3, 0.4) is 0 Å². The average Bonchev–Trinajstić information content (AvgIpc) is 2.65. The number of hydrogen-bond donors (Lipinski definition) is 0. The third-order valence-electron chi connectivity index (χ3n) is 4.77. The van der Waals surface area contributed by atoms with E-state index in [1.807, 2.05) is 17.9 Å². The lowest BCUT2D eigenvalue weighted by molar-refractivity contribution is -0.137. The van der Waals surface area contributed by atoms with Gasteiger partial charge in [0.25, 0.3) is 0 Å². The molecule has 0 radical (unpaired) electrons. The van der Waals surface area contributed by atoms with Gasteiger partial charge in [-0.05, 0) is 37.0 Å². The van der Waals surface area contributed by atoms with Gasteiger partial charge < -0.3 is 4.90 Å². The minimum Gasteiger partial charge on any atom is -0.343 e. The zero-order valence-electron chi connectivity index (χ0n) is 14.6. The van der Waals surface area contributed by atoms with E-state index in [0.717, 1.165) is 54.1 Å². The van der Waals surface area contributed by atoms with Gasteiger partial charge in [-0.15, -0.1) is 11.8 Å². The van der Waals surface area contributed by atoms with E-state index in [1.165, 1.54) is 6.07 Å². The summed E-state index contributed by atoms with van der Waals surface area (Å²) in [5.74, 6) is 1.61. The number of amides is 1. The van der Waals surface area contributed by atoms with Crippen molar-refractivity contribution >= 4 is 28.6 Å². The maximum absolute atomic E-state index is 12.9. The number of carbonyl (C=O) groups excluding carboxylic acids is 1. The number of pyridine rings is 1. The number of alkyl halides is 3. The Balaban J connectivity index is 1.66. The molecule has 1 fully saturated rings. The number of halogens is 3. The summed E-state index contributed by atoms with van der Waals surface area (Å²) in [6, 6.07) is 5.59. The number of carbonyl (C=O) groups is 1. The molecule has 3 nitrogen and oxygen atoms in total. The molecule has 3 rings (SSSR count). The number of hydrogen-bond acceptors (Lipinski definition) is 3. The van der Waals surface area contributed by atoms with Crippen LogP contribution >= 0.6 is 11.8 Å². The first-order valence-corrected chi connectivity index (χ1v) is 9.73. The number of benzene rings is 1. The number of fused-ring (bicyclic) bond motifs is 1. The first-order chi connectivity index (χ1) is 12.4. The fourth-order valence-electron chi connectivity index (χ4n) is 3.20. The summed E-state index contributed by atoms with van der Waals surface area (Å²) in [5, 5.41) is 0.754. The van der Waals surface area contributed by atoms with E-state index in [2.05, 4.69) is 4.98 Å². The number of thioether (sulfide) groups is 1. The molecule has 0 atom stereocenters. The predicted molar refractivity (Wildman–Crippen MR) is 97.1 cm³/mol. The molecule has 0 unspecified atom stereocenters. The van der Waals surface area contributed by atoms with Crippen molar-refractivity contribution in [2.24, 2.45) is 5.92 Å². The second-order valence-corrected chi connectivity index (χ2v) is 7.59. The van der Waals surface area contributed by atoms with Crippen LogP contribution in [0.4, 0.5) is 13.2 Å². The van der Waals surface area contributed by atoms with E-state index in [9.17, 15) is 18.0 Å². The maximum atomic E-state index is 12.9. The number of likely N-dealkylation sites (tertiary alicyclic amines) is 1. The third-order valence-corrected chi connectivity index (χ3v) is 6.08. The summed E-state index contributed by atoms with van der Waals surface area (Å²) in [4.78, 5) is 18.7. The molecule has 1 saturated heterocycles. The maximum Gasteiger partial charge on any atom is 0.416 e. The minimum atomic E-state index is -4.36. The minimum absolute atomic E-state index is 0.205. The van der Waals surface area contributed by atoms with Gasteiger partial charge >= 0.3 is 6.18 Å². The topological polar surface area (TPSA) is 33.2 Å². The highest BCUT2D eigenvalue weighted by Crippen LogP contribution is 2.35. The molecule has 0 N–H and O–H groups in total.